The van der Waals surface area contributed by atoms with Crippen molar-refractivity contribution in [3.8, 4) is 0 Å². The third kappa shape index (κ3) is 3.22. The van der Waals surface area contributed by atoms with Gasteiger partial charge in [-0.1, -0.05) is 19.3 Å². The van der Waals surface area contributed by atoms with Gasteiger partial charge in [0.25, 0.3) is 0 Å². The molecule has 1 saturated heterocycles. The average Bonchev–Trinajstić information content (AvgIpc) is 2.81. The van der Waals surface area contributed by atoms with Crippen molar-refractivity contribution in [2.45, 2.75) is 57.4 Å². The summed E-state index contributed by atoms with van der Waals surface area (Å²) in [5.41, 5.74) is 2.49. The van der Waals surface area contributed by atoms with E-state index in [0.717, 1.165) is 45.2 Å². The minimum absolute atomic E-state index is 0.110. The van der Waals surface area contributed by atoms with Crippen LogP contribution in [0.3, 0.4) is 0 Å². The van der Waals surface area contributed by atoms with Gasteiger partial charge in [0.1, 0.15) is 0 Å². The Labute approximate surface area is 126 Å². The summed E-state index contributed by atoms with van der Waals surface area (Å²) in [6, 6.07) is 0.249. The van der Waals surface area contributed by atoms with Crippen molar-refractivity contribution < 1.29 is 4.79 Å². The van der Waals surface area contributed by atoms with Crippen molar-refractivity contribution >= 4 is 6.03 Å². The Morgan fingerprint density at radius 3 is 2.67 bits per heavy atom. The van der Waals surface area contributed by atoms with Crippen molar-refractivity contribution in [3.05, 3.63) is 17.5 Å². The van der Waals surface area contributed by atoms with Gasteiger partial charge in [-0.25, -0.2) is 4.79 Å². The lowest BCUT2D eigenvalue weighted by Gasteiger charge is -2.29. The summed E-state index contributed by atoms with van der Waals surface area (Å²) < 4.78 is 1.95. The van der Waals surface area contributed by atoms with Crippen LogP contribution in [0.15, 0.2) is 6.20 Å². The van der Waals surface area contributed by atoms with E-state index in [1.807, 2.05) is 22.8 Å². The Morgan fingerprint density at radius 2 is 1.90 bits per heavy atom. The number of rotatable bonds is 1. The molecule has 0 aromatic carbocycles. The van der Waals surface area contributed by atoms with Crippen LogP contribution < -0.4 is 5.32 Å². The second-order valence-electron chi connectivity index (χ2n) is 6.32. The summed E-state index contributed by atoms with van der Waals surface area (Å²) >= 11 is 0. The molecule has 0 bridgehead atoms. The lowest BCUT2D eigenvalue weighted by Crippen LogP contribution is -2.43. The van der Waals surface area contributed by atoms with Crippen LogP contribution in [0.5, 0.6) is 0 Å². The highest BCUT2D eigenvalue weighted by Gasteiger charge is 2.26. The zero-order valence-electron chi connectivity index (χ0n) is 13.0. The standard InChI is InChI=1S/C16H26N4O/c1-19-15-9-7-8-14(13(15)12-17-19)18-16(21)20-10-5-3-2-4-6-11-20/h12,14H,2-11H2,1H3,(H,18,21). The molecular weight excluding hydrogens is 264 g/mol. The van der Waals surface area contributed by atoms with Gasteiger partial charge in [-0.2, -0.15) is 5.10 Å². The predicted octanol–water partition coefficient (Wildman–Crippen LogP) is 2.77. The number of carbonyl (C=O) groups excluding carboxylic acids is 1. The highest BCUT2D eigenvalue weighted by Crippen LogP contribution is 2.29. The lowest BCUT2D eigenvalue weighted by atomic mass is 9.93. The van der Waals surface area contributed by atoms with Crippen molar-refractivity contribution in [1.82, 2.24) is 20.0 Å². The number of nitrogens with zero attached hydrogens (tertiary/aromatic N) is 3. The van der Waals surface area contributed by atoms with E-state index in [-0.39, 0.29) is 12.1 Å². The van der Waals surface area contributed by atoms with Gasteiger partial charge in [0.05, 0.1) is 12.2 Å². The number of hydrogen-bond donors (Lipinski definition) is 1. The molecule has 21 heavy (non-hydrogen) atoms. The molecule has 0 saturated carbocycles. The topological polar surface area (TPSA) is 50.2 Å². The lowest BCUT2D eigenvalue weighted by molar-refractivity contribution is 0.187. The molecule has 2 heterocycles. The van der Waals surface area contributed by atoms with Gasteiger partial charge >= 0.3 is 6.03 Å². The number of aryl methyl sites for hydroxylation is 1. The summed E-state index contributed by atoms with van der Waals surface area (Å²) in [6.45, 7) is 1.80. The Bertz CT molecular complexity index is 488. The SMILES string of the molecule is Cn1ncc2c1CCCC2NC(=O)N1CCCCCCC1. The van der Waals surface area contributed by atoms with E-state index in [0.29, 0.717) is 0 Å². The molecule has 1 atom stereocenters. The molecule has 0 radical (unpaired) electrons. The van der Waals surface area contributed by atoms with E-state index < -0.39 is 0 Å². The number of aromatic nitrogens is 2. The maximum absolute atomic E-state index is 12.5. The van der Waals surface area contributed by atoms with Gasteiger partial charge in [0.2, 0.25) is 0 Å². The highest BCUT2D eigenvalue weighted by molar-refractivity contribution is 5.74. The van der Waals surface area contributed by atoms with Gasteiger partial charge < -0.3 is 10.2 Å². The molecule has 1 N–H and O–H groups in total. The largest absolute Gasteiger partial charge is 0.331 e. The van der Waals surface area contributed by atoms with Crippen molar-refractivity contribution in [3.63, 3.8) is 0 Å². The molecule has 1 aliphatic carbocycles. The predicted molar refractivity (Wildman–Crippen MR) is 82.1 cm³/mol. The second kappa shape index (κ2) is 6.50. The first kappa shape index (κ1) is 14.4. The van der Waals surface area contributed by atoms with Gasteiger partial charge in [-0.3, -0.25) is 4.68 Å². The van der Waals surface area contributed by atoms with Crippen LogP contribution in [0, 0.1) is 0 Å². The first-order valence-corrected chi connectivity index (χ1v) is 8.32. The van der Waals surface area contributed by atoms with E-state index in [4.69, 9.17) is 0 Å². The van der Waals surface area contributed by atoms with Crippen molar-refractivity contribution in [2.24, 2.45) is 7.05 Å². The molecule has 116 valence electrons. The molecule has 5 heteroatoms. The first-order chi connectivity index (χ1) is 10.3. The number of carbonyl (C=O) groups is 1. The van der Waals surface area contributed by atoms with Crippen molar-refractivity contribution in [1.29, 1.82) is 0 Å². The van der Waals surface area contributed by atoms with Crippen LogP contribution in [0.25, 0.3) is 0 Å². The summed E-state index contributed by atoms with van der Waals surface area (Å²) in [4.78, 5) is 14.5. The normalized spacial score (nSPS) is 23.1. The number of likely N-dealkylation sites (tertiary alicyclic amines) is 1. The summed E-state index contributed by atoms with van der Waals surface area (Å²) in [5, 5.41) is 7.59. The van der Waals surface area contributed by atoms with Gasteiger partial charge in [-0.05, 0) is 32.1 Å². The zero-order chi connectivity index (χ0) is 14.7. The minimum Gasteiger partial charge on any atom is -0.331 e. The maximum atomic E-state index is 12.5. The van der Waals surface area contributed by atoms with Crippen LogP contribution in [0.1, 0.15) is 62.2 Å². The highest BCUT2D eigenvalue weighted by atomic mass is 16.2. The monoisotopic (exact) mass is 290 g/mol. The Morgan fingerprint density at radius 1 is 1.19 bits per heavy atom. The molecule has 1 aromatic rings. The van der Waals surface area contributed by atoms with Crippen molar-refractivity contribution in [2.75, 3.05) is 13.1 Å². The third-order valence-electron chi connectivity index (χ3n) is 4.82. The van der Waals surface area contributed by atoms with Crippen LogP contribution in [0.4, 0.5) is 4.79 Å². The third-order valence-corrected chi connectivity index (χ3v) is 4.82. The number of fused-ring (bicyclic) bond motifs is 1. The van der Waals surface area contributed by atoms with Gasteiger partial charge in [0, 0.05) is 31.4 Å². The van der Waals surface area contributed by atoms with Gasteiger partial charge in [-0.15, -0.1) is 0 Å². The molecule has 5 nitrogen and oxygen atoms in total. The molecule has 1 unspecified atom stereocenters. The van der Waals surface area contributed by atoms with Crippen LogP contribution in [-0.4, -0.2) is 33.8 Å². The number of urea groups is 1. The van der Waals surface area contributed by atoms with Crippen LogP contribution in [0.2, 0.25) is 0 Å². The van der Waals surface area contributed by atoms with E-state index >= 15 is 0 Å². The quantitative estimate of drug-likeness (QED) is 0.864. The van der Waals surface area contributed by atoms with E-state index in [2.05, 4.69) is 10.4 Å². The second-order valence-corrected chi connectivity index (χ2v) is 6.32. The molecular formula is C16H26N4O. The molecule has 0 spiro atoms. The van der Waals surface area contributed by atoms with Crippen LogP contribution in [-0.2, 0) is 13.5 Å². The Kier molecular flexibility index (Phi) is 4.46. The van der Waals surface area contributed by atoms with E-state index in [1.54, 1.807) is 0 Å². The maximum Gasteiger partial charge on any atom is 0.317 e. The molecule has 3 rings (SSSR count). The summed E-state index contributed by atoms with van der Waals surface area (Å²) in [6.07, 6.45) is 11.2. The molecule has 1 fully saturated rings. The fraction of sp³-hybridized carbons (Fsp3) is 0.750. The smallest absolute Gasteiger partial charge is 0.317 e. The summed E-state index contributed by atoms with van der Waals surface area (Å²) in [5.74, 6) is 0. The van der Waals surface area contributed by atoms with E-state index in [9.17, 15) is 4.79 Å². The Hall–Kier alpha value is -1.52. The molecule has 2 aliphatic rings. The number of hydrogen-bond acceptors (Lipinski definition) is 2. The van der Waals surface area contributed by atoms with Crippen LogP contribution >= 0.6 is 0 Å². The van der Waals surface area contributed by atoms with Gasteiger partial charge in [0.15, 0.2) is 0 Å². The number of nitrogens with one attached hydrogen (secondary N) is 1. The average molecular weight is 290 g/mol. The summed E-state index contributed by atoms with van der Waals surface area (Å²) in [7, 11) is 1.99. The molecule has 1 aromatic heterocycles. The fourth-order valence-electron chi connectivity index (χ4n) is 3.55. The number of amides is 2. The Balaban J connectivity index is 1.64. The molecule has 2 amide bonds. The minimum atomic E-state index is 0.110. The van der Waals surface area contributed by atoms with E-state index in [1.165, 1.54) is 30.5 Å². The zero-order valence-corrected chi connectivity index (χ0v) is 13.0. The fourth-order valence-corrected chi connectivity index (χ4v) is 3.55. The first-order valence-electron chi connectivity index (χ1n) is 8.32. The molecule has 1 aliphatic heterocycles.